The van der Waals surface area contributed by atoms with E-state index in [9.17, 15) is 22.4 Å². The Morgan fingerprint density at radius 2 is 0.945 bits per heavy atom. The molecule has 0 amide bonds. The maximum atomic E-state index is 12.3. The molecule has 3 aromatic rings. The summed E-state index contributed by atoms with van der Waals surface area (Å²) < 4.78 is 62.0. The van der Waals surface area contributed by atoms with E-state index in [2.05, 4.69) is 9.97 Å². The van der Waals surface area contributed by atoms with Crippen LogP contribution in [-0.2, 0) is 27.1 Å². The number of unbranched alkanes of at least 4 members (excludes halogenated alkanes) is 12. The first-order valence-electron chi connectivity index (χ1n) is 19.1. The van der Waals surface area contributed by atoms with Gasteiger partial charge in [-0.1, -0.05) is 89.3 Å². The Balaban J connectivity index is 0.000000578. The minimum absolute atomic E-state index is 0. The maximum Gasteiger partial charge on any atom is 0.296 e. The predicted octanol–water partition coefficient (Wildman–Crippen LogP) is 9.27. The molecule has 0 bridgehead atoms. The van der Waals surface area contributed by atoms with Gasteiger partial charge >= 0.3 is 0 Å². The number of alkyl halides is 1. The lowest BCUT2D eigenvalue weighted by atomic mass is 10.0. The van der Waals surface area contributed by atoms with Gasteiger partial charge in [0, 0.05) is 22.5 Å². The minimum atomic E-state index is -3.67. The molecule has 0 saturated heterocycles. The predicted molar refractivity (Wildman–Crippen MR) is 219 cm³/mol. The summed E-state index contributed by atoms with van der Waals surface area (Å²) in [5.41, 5.74) is 3.93. The summed E-state index contributed by atoms with van der Waals surface area (Å²) in [4.78, 5) is 31.0. The van der Waals surface area contributed by atoms with Crippen LogP contribution < -0.4 is 29.8 Å². The van der Waals surface area contributed by atoms with Crippen LogP contribution in [-0.4, -0.2) is 60.1 Å². The van der Waals surface area contributed by atoms with Crippen LogP contribution in [0.15, 0.2) is 38.8 Å². The summed E-state index contributed by atoms with van der Waals surface area (Å²) in [6, 6.07) is 6.67. The van der Waals surface area contributed by atoms with E-state index in [1.165, 1.54) is 28.4 Å². The zero-order valence-corrected chi connectivity index (χ0v) is 34.3. The monoisotopic (exact) mass is 794 g/mol. The highest BCUT2D eigenvalue weighted by Gasteiger charge is 2.17. The van der Waals surface area contributed by atoms with Gasteiger partial charge in [0.25, 0.3) is 10.1 Å². The first-order valence-corrected chi connectivity index (χ1v) is 20.6. The van der Waals surface area contributed by atoms with Crippen LogP contribution in [0.4, 0.5) is 4.39 Å². The molecule has 0 unspecified atom stereocenters. The third kappa shape index (κ3) is 16.4. The average Bonchev–Trinajstić information content (AvgIpc) is 3.16. The highest BCUT2D eigenvalue weighted by molar-refractivity contribution is 7.86. The SMILES string of the molecule is C.COc1[nH]c(CCCCCCCCCF)c(C)c(=O)c1OC.COc1[nH]c(CCCCCCCCCOS(=O)(=O)c2ccc(C)cc2)c(C)c(=O)c1OC. The highest BCUT2D eigenvalue weighted by Crippen LogP contribution is 2.24. The summed E-state index contributed by atoms with van der Waals surface area (Å²) in [6.07, 6.45) is 15.8. The quantitative estimate of drug-likeness (QED) is 0.0633. The molecule has 312 valence electrons. The largest absolute Gasteiger partial charge is 0.488 e. The Morgan fingerprint density at radius 3 is 1.33 bits per heavy atom. The Kier molecular flexibility index (Phi) is 24.0. The van der Waals surface area contributed by atoms with Crippen molar-refractivity contribution in [2.24, 2.45) is 0 Å². The third-order valence-corrected chi connectivity index (χ3v) is 10.8. The first-order chi connectivity index (χ1) is 25.9. The van der Waals surface area contributed by atoms with Crippen LogP contribution in [0.2, 0.25) is 0 Å². The molecule has 0 aliphatic carbocycles. The smallest absolute Gasteiger partial charge is 0.296 e. The minimum Gasteiger partial charge on any atom is -0.488 e. The molecule has 0 radical (unpaired) electrons. The summed E-state index contributed by atoms with van der Waals surface area (Å²) >= 11 is 0. The number of pyridine rings is 2. The molecule has 0 spiro atoms. The fourth-order valence-corrected chi connectivity index (χ4v) is 7.01. The molecule has 55 heavy (non-hydrogen) atoms. The summed E-state index contributed by atoms with van der Waals surface area (Å²) in [5, 5.41) is 0. The van der Waals surface area contributed by atoms with E-state index in [0.717, 1.165) is 113 Å². The number of hydrogen-bond acceptors (Lipinski definition) is 9. The van der Waals surface area contributed by atoms with E-state index in [1.54, 1.807) is 31.2 Å². The second-order valence-corrected chi connectivity index (χ2v) is 15.1. The number of rotatable bonds is 25. The number of H-pyrrole nitrogens is 2. The van der Waals surface area contributed by atoms with E-state index in [1.807, 2.05) is 13.8 Å². The summed E-state index contributed by atoms with van der Waals surface area (Å²) in [5.74, 6) is 1.20. The number of aryl methyl sites for hydroxylation is 3. The van der Waals surface area contributed by atoms with Crippen molar-refractivity contribution in [1.29, 1.82) is 0 Å². The van der Waals surface area contributed by atoms with Gasteiger partial charge in [0.2, 0.25) is 34.1 Å². The lowest BCUT2D eigenvalue weighted by Gasteiger charge is -2.12. The van der Waals surface area contributed by atoms with Crippen molar-refractivity contribution in [3.8, 4) is 23.3 Å². The maximum absolute atomic E-state index is 12.3. The zero-order chi connectivity index (χ0) is 39.9. The van der Waals surface area contributed by atoms with Crippen molar-refractivity contribution >= 4 is 10.1 Å². The van der Waals surface area contributed by atoms with Gasteiger partial charge < -0.3 is 28.9 Å². The van der Waals surface area contributed by atoms with E-state index < -0.39 is 10.1 Å². The second-order valence-electron chi connectivity index (χ2n) is 13.5. The lowest BCUT2D eigenvalue weighted by Crippen LogP contribution is -2.15. The molecule has 13 heteroatoms. The summed E-state index contributed by atoms with van der Waals surface area (Å²) in [6.45, 7) is 5.54. The van der Waals surface area contributed by atoms with Gasteiger partial charge in [-0.3, -0.25) is 18.2 Å². The van der Waals surface area contributed by atoms with Crippen molar-refractivity contribution in [1.82, 2.24) is 9.97 Å². The van der Waals surface area contributed by atoms with Gasteiger partial charge in [0.1, 0.15) is 0 Å². The van der Waals surface area contributed by atoms with E-state index in [0.29, 0.717) is 29.3 Å². The van der Waals surface area contributed by atoms with Gasteiger partial charge in [-0.2, -0.15) is 8.42 Å². The number of halogens is 1. The van der Waals surface area contributed by atoms with Gasteiger partial charge in [-0.15, -0.1) is 0 Å². The van der Waals surface area contributed by atoms with Crippen LogP contribution in [0.5, 0.6) is 23.3 Å². The van der Waals surface area contributed by atoms with Crippen LogP contribution in [0.25, 0.3) is 0 Å². The first kappa shape index (κ1) is 49.2. The van der Waals surface area contributed by atoms with Gasteiger partial charge in [0.05, 0.1) is 46.6 Å². The standard InChI is InChI=1S/C24H35NO6S.C17H28FNO3.CH4/c1-18-13-15-20(16-14-18)32(27,28)31-17-11-9-7-5-6-8-10-12-21-19(2)22(26)23(29-3)24(25-21)30-4;1-13-14(11-9-7-5-4-6-8-10-12-18)19-17(22-3)16(21-2)15(13)20;/h13-16H,5-12,17H2,1-4H3,(H,25,26);4-12H2,1-3H3,(H,19,20);1H4. The summed E-state index contributed by atoms with van der Waals surface area (Å²) in [7, 11) is 2.29. The fraction of sp³-hybridized carbons (Fsp3) is 0.619. The van der Waals surface area contributed by atoms with Crippen molar-refractivity contribution in [3.63, 3.8) is 0 Å². The molecule has 0 aliphatic rings. The molecule has 1 aromatic carbocycles. The zero-order valence-electron chi connectivity index (χ0n) is 33.5. The highest BCUT2D eigenvalue weighted by atomic mass is 32.2. The topological polar surface area (TPSA) is 146 Å². The van der Waals surface area contributed by atoms with Crippen molar-refractivity contribution in [2.75, 3.05) is 41.7 Å². The third-order valence-electron chi connectivity index (χ3n) is 9.44. The lowest BCUT2D eigenvalue weighted by molar-refractivity contribution is 0.306. The average molecular weight is 795 g/mol. The molecule has 11 nitrogen and oxygen atoms in total. The van der Waals surface area contributed by atoms with Crippen molar-refractivity contribution in [2.45, 2.75) is 136 Å². The van der Waals surface area contributed by atoms with Gasteiger partial charge in [-0.25, -0.2) is 0 Å². The van der Waals surface area contributed by atoms with Crippen molar-refractivity contribution < 1.29 is 35.9 Å². The number of ether oxygens (including phenoxy) is 4. The molecule has 2 heterocycles. The normalized spacial score (nSPS) is 11.0. The molecule has 0 fully saturated rings. The Labute approximate surface area is 328 Å². The Morgan fingerprint density at radius 1 is 0.564 bits per heavy atom. The van der Waals surface area contributed by atoms with E-state index in [4.69, 9.17) is 23.1 Å². The molecular weight excluding hydrogens is 728 g/mol. The second kappa shape index (κ2) is 26.9. The number of nitrogens with one attached hydrogen (secondary N) is 2. The molecule has 2 N–H and O–H groups in total. The van der Waals surface area contributed by atoms with E-state index in [-0.39, 0.29) is 48.0 Å². The number of aromatic amines is 2. The molecule has 2 aromatic heterocycles. The van der Waals surface area contributed by atoms with Gasteiger partial charge in [0.15, 0.2) is 0 Å². The Bertz CT molecular complexity index is 1760. The molecule has 0 aliphatic heterocycles. The van der Waals surface area contributed by atoms with Crippen LogP contribution in [0, 0.1) is 20.8 Å². The molecule has 3 rings (SSSR count). The molecule has 0 saturated carbocycles. The van der Waals surface area contributed by atoms with Crippen LogP contribution in [0.1, 0.15) is 125 Å². The van der Waals surface area contributed by atoms with Crippen LogP contribution in [0.3, 0.4) is 0 Å². The van der Waals surface area contributed by atoms with Crippen LogP contribution >= 0.6 is 0 Å². The molecular formula is C42H67FN2O9S. The number of benzene rings is 1. The Hall–Kier alpha value is -3.84. The molecule has 0 atom stereocenters. The van der Waals surface area contributed by atoms with E-state index >= 15 is 0 Å². The number of aromatic nitrogens is 2. The number of hydrogen-bond donors (Lipinski definition) is 2. The van der Waals surface area contributed by atoms with Gasteiger partial charge in [-0.05, 0) is 71.4 Å². The number of methoxy groups -OCH3 is 4. The fourth-order valence-electron chi connectivity index (χ4n) is 6.06. The van der Waals surface area contributed by atoms with Crippen molar-refractivity contribution in [3.05, 3.63) is 72.8 Å².